The van der Waals surface area contributed by atoms with Crippen LogP contribution in [-0.2, 0) is 5.41 Å². The molecule has 0 radical (unpaired) electrons. The van der Waals surface area contributed by atoms with Crippen LogP contribution in [0, 0.1) is 0 Å². The second-order valence-electron chi connectivity index (χ2n) is 15.3. The Bertz CT molecular complexity index is 2860. The number of hydrogen-bond donors (Lipinski definition) is 0. The summed E-state index contributed by atoms with van der Waals surface area (Å²) in [5.41, 5.74) is 18.3. The summed E-state index contributed by atoms with van der Waals surface area (Å²) >= 11 is 0. The predicted molar refractivity (Wildman–Crippen MR) is 238 cm³/mol. The molecule has 9 aromatic carbocycles. The van der Waals surface area contributed by atoms with Gasteiger partial charge in [-0.1, -0.05) is 202 Å². The predicted octanol–water partition coefficient (Wildman–Crippen LogP) is 15.3. The lowest BCUT2D eigenvalue weighted by molar-refractivity contribution is 0.660. The minimum Gasteiger partial charge on any atom is -0.309 e. The maximum absolute atomic E-state index is 2.49. The van der Waals surface area contributed by atoms with E-state index in [0.29, 0.717) is 0 Å². The van der Waals surface area contributed by atoms with Crippen molar-refractivity contribution < 1.29 is 0 Å². The number of anilines is 3. The molecule has 1 heteroatoms. The first kappa shape index (κ1) is 33.6. The maximum Gasteiger partial charge on any atom is 0.0543 e. The number of hydrogen-bond acceptors (Lipinski definition) is 1. The molecule has 0 spiro atoms. The zero-order chi connectivity index (χ0) is 37.6. The molecule has 0 aliphatic heterocycles. The highest BCUT2D eigenvalue weighted by Gasteiger charge is 2.38. The fourth-order valence-electron chi connectivity index (χ4n) is 8.94. The van der Waals surface area contributed by atoms with Crippen molar-refractivity contribution in [2.75, 3.05) is 4.90 Å². The van der Waals surface area contributed by atoms with E-state index in [1.165, 1.54) is 83.2 Å². The minimum atomic E-state index is -0.116. The third-order valence-corrected chi connectivity index (χ3v) is 11.7. The molecule has 0 atom stereocenters. The first-order chi connectivity index (χ1) is 27.6. The van der Waals surface area contributed by atoms with E-state index in [-0.39, 0.29) is 5.41 Å². The molecule has 0 amide bonds. The zero-order valence-corrected chi connectivity index (χ0v) is 31.7. The fraction of sp³-hybridized carbons (Fsp3) is 0.0545. The first-order valence-corrected chi connectivity index (χ1v) is 19.5. The van der Waals surface area contributed by atoms with Gasteiger partial charge in [-0.15, -0.1) is 0 Å². The van der Waals surface area contributed by atoms with E-state index in [0.717, 1.165) is 11.4 Å². The van der Waals surface area contributed by atoms with Crippen LogP contribution < -0.4 is 4.90 Å². The van der Waals surface area contributed by atoms with Gasteiger partial charge in [-0.2, -0.15) is 0 Å². The van der Waals surface area contributed by atoms with Gasteiger partial charge in [0.25, 0.3) is 0 Å². The summed E-state index contributed by atoms with van der Waals surface area (Å²) in [4.78, 5) is 2.49. The van der Waals surface area contributed by atoms with Crippen LogP contribution >= 0.6 is 0 Å². The molecule has 0 N–H and O–H groups in total. The van der Waals surface area contributed by atoms with Gasteiger partial charge in [-0.25, -0.2) is 0 Å². The van der Waals surface area contributed by atoms with Crippen molar-refractivity contribution in [2.45, 2.75) is 19.3 Å². The van der Waals surface area contributed by atoms with Crippen molar-refractivity contribution in [3.63, 3.8) is 0 Å². The van der Waals surface area contributed by atoms with Gasteiger partial charge in [0.05, 0.1) is 11.4 Å². The summed E-state index contributed by atoms with van der Waals surface area (Å²) in [7, 11) is 0. The number of benzene rings is 9. The van der Waals surface area contributed by atoms with E-state index in [2.05, 4.69) is 231 Å². The molecule has 0 aromatic heterocycles. The largest absolute Gasteiger partial charge is 0.309 e. The SMILES string of the molecule is CC1(C)c2ccccc2-c2c(N(c3ccc(-c4ccc(-c5cccc6ccccc56)cc4)cc3)c3ccccc3-c3ccccc3-c3ccccc3)cccc21. The van der Waals surface area contributed by atoms with Crippen LogP contribution in [-0.4, -0.2) is 0 Å². The van der Waals surface area contributed by atoms with Crippen LogP contribution in [0.5, 0.6) is 0 Å². The zero-order valence-electron chi connectivity index (χ0n) is 31.7. The van der Waals surface area contributed by atoms with Crippen LogP contribution in [0.15, 0.2) is 212 Å². The van der Waals surface area contributed by atoms with E-state index in [4.69, 9.17) is 0 Å². The van der Waals surface area contributed by atoms with Gasteiger partial charge in [0, 0.05) is 22.2 Å². The molecule has 0 bridgehead atoms. The van der Waals surface area contributed by atoms with Gasteiger partial charge in [-0.3, -0.25) is 0 Å². The van der Waals surface area contributed by atoms with E-state index in [1.807, 2.05) is 0 Å². The van der Waals surface area contributed by atoms with Crippen molar-refractivity contribution >= 4 is 27.8 Å². The molecule has 266 valence electrons. The van der Waals surface area contributed by atoms with Gasteiger partial charge >= 0.3 is 0 Å². The van der Waals surface area contributed by atoms with Gasteiger partial charge in [0.15, 0.2) is 0 Å². The van der Waals surface area contributed by atoms with Crippen molar-refractivity contribution in [1.82, 2.24) is 0 Å². The van der Waals surface area contributed by atoms with Gasteiger partial charge in [0.2, 0.25) is 0 Å². The highest BCUT2D eigenvalue weighted by Crippen LogP contribution is 2.55. The standard InChI is InChI=1S/C55H41N/c1-55(2)50-26-12-10-24-49(50)54-51(55)27-15-29-53(54)56(52-28-13-11-23-48(52)47-22-9-8-21-46(47)40-16-4-3-5-17-40)43-36-34-39(35-37-43)38-30-32-42(33-31-38)45-25-14-19-41-18-6-7-20-44(41)45/h3-37H,1-2H3. The Balaban J connectivity index is 1.12. The number of rotatable bonds is 7. The van der Waals surface area contributed by atoms with Crippen LogP contribution in [0.3, 0.4) is 0 Å². The molecule has 1 nitrogen and oxygen atoms in total. The third-order valence-electron chi connectivity index (χ3n) is 11.7. The Morgan fingerprint density at radius 2 is 0.821 bits per heavy atom. The maximum atomic E-state index is 2.49. The van der Waals surface area contributed by atoms with Crippen LogP contribution in [0.25, 0.3) is 66.4 Å². The molecular weight excluding hydrogens is 675 g/mol. The van der Waals surface area contributed by atoms with E-state index in [9.17, 15) is 0 Å². The number of nitrogens with zero attached hydrogens (tertiary/aromatic N) is 1. The lowest BCUT2D eigenvalue weighted by Crippen LogP contribution is -2.16. The van der Waals surface area contributed by atoms with Gasteiger partial charge < -0.3 is 4.90 Å². The molecule has 56 heavy (non-hydrogen) atoms. The molecule has 0 heterocycles. The molecule has 1 aliphatic carbocycles. The molecule has 1 aliphatic rings. The second kappa shape index (κ2) is 13.7. The quantitative estimate of drug-likeness (QED) is 0.159. The molecule has 0 fully saturated rings. The summed E-state index contributed by atoms with van der Waals surface area (Å²) in [6.07, 6.45) is 0. The highest BCUT2D eigenvalue weighted by atomic mass is 15.1. The molecule has 9 aromatic rings. The Hall–Kier alpha value is -6.96. The molecule has 0 unspecified atom stereocenters. The average molecular weight is 716 g/mol. The molecule has 0 saturated heterocycles. The van der Waals surface area contributed by atoms with Gasteiger partial charge in [0.1, 0.15) is 0 Å². The average Bonchev–Trinajstić information content (AvgIpc) is 3.50. The summed E-state index contributed by atoms with van der Waals surface area (Å²) in [5.74, 6) is 0. The Morgan fingerprint density at radius 1 is 0.321 bits per heavy atom. The normalized spacial score (nSPS) is 12.6. The Labute approximate surface area is 329 Å². The van der Waals surface area contributed by atoms with E-state index < -0.39 is 0 Å². The molecular formula is C55H41N. The smallest absolute Gasteiger partial charge is 0.0543 e. The number of fused-ring (bicyclic) bond motifs is 4. The lowest BCUT2D eigenvalue weighted by Gasteiger charge is -2.31. The first-order valence-electron chi connectivity index (χ1n) is 19.5. The van der Waals surface area contributed by atoms with Gasteiger partial charge in [-0.05, 0) is 90.7 Å². The van der Waals surface area contributed by atoms with E-state index in [1.54, 1.807) is 0 Å². The monoisotopic (exact) mass is 715 g/mol. The van der Waals surface area contributed by atoms with Crippen molar-refractivity contribution in [1.29, 1.82) is 0 Å². The summed E-state index contributed by atoms with van der Waals surface area (Å²) in [6, 6.07) is 77.5. The summed E-state index contributed by atoms with van der Waals surface area (Å²) in [6.45, 7) is 4.71. The lowest BCUT2D eigenvalue weighted by atomic mass is 9.82. The molecule has 0 saturated carbocycles. The third kappa shape index (κ3) is 5.63. The van der Waals surface area contributed by atoms with Crippen molar-refractivity contribution in [3.05, 3.63) is 223 Å². The van der Waals surface area contributed by atoms with Crippen LogP contribution in [0.1, 0.15) is 25.0 Å². The highest BCUT2D eigenvalue weighted by molar-refractivity contribution is 6.00. The van der Waals surface area contributed by atoms with Crippen LogP contribution in [0.4, 0.5) is 17.1 Å². The number of para-hydroxylation sites is 1. The Kier molecular flexibility index (Phi) is 8.23. The summed E-state index contributed by atoms with van der Waals surface area (Å²) in [5, 5.41) is 2.53. The molecule has 10 rings (SSSR count). The fourth-order valence-corrected chi connectivity index (χ4v) is 8.94. The van der Waals surface area contributed by atoms with Crippen molar-refractivity contribution in [2.24, 2.45) is 0 Å². The van der Waals surface area contributed by atoms with Crippen LogP contribution in [0.2, 0.25) is 0 Å². The topological polar surface area (TPSA) is 3.24 Å². The second-order valence-corrected chi connectivity index (χ2v) is 15.3. The summed E-state index contributed by atoms with van der Waals surface area (Å²) < 4.78 is 0. The van der Waals surface area contributed by atoms with Crippen molar-refractivity contribution in [3.8, 4) is 55.6 Å². The minimum absolute atomic E-state index is 0.116. The Morgan fingerprint density at radius 3 is 1.61 bits per heavy atom. The van der Waals surface area contributed by atoms with E-state index >= 15 is 0 Å².